The van der Waals surface area contributed by atoms with Gasteiger partial charge in [0.25, 0.3) is 0 Å². The largest absolute Gasteiger partial charge is 0.497 e. The summed E-state index contributed by atoms with van der Waals surface area (Å²) in [4.78, 5) is 12.2. The molecule has 0 spiro atoms. The van der Waals surface area contributed by atoms with Crippen LogP contribution in [-0.2, 0) is 20.6 Å². The fraction of sp³-hybridized carbons (Fsp3) is 0.350. The lowest BCUT2D eigenvalue weighted by molar-refractivity contribution is -0.119. The van der Waals surface area contributed by atoms with Crippen molar-refractivity contribution in [1.29, 1.82) is 0 Å². The number of methoxy groups -OCH3 is 1. The highest BCUT2D eigenvalue weighted by atomic mass is 32.2. The Balaban J connectivity index is 1.82. The molecule has 2 aromatic rings. The number of benzene rings is 2. The number of nitrogens with zero attached hydrogens (tertiary/aromatic N) is 1. The van der Waals surface area contributed by atoms with E-state index < -0.39 is 10.0 Å². The molecule has 0 aromatic heterocycles. The van der Waals surface area contributed by atoms with Crippen LogP contribution in [0.1, 0.15) is 11.1 Å². The van der Waals surface area contributed by atoms with E-state index in [1.807, 2.05) is 0 Å². The number of aryl methyl sites for hydroxylation is 1. The number of rotatable bonds is 10. The monoisotopic (exact) mass is 422 g/mol. The van der Waals surface area contributed by atoms with Crippen molar-refractivity contribution in [1.82, 2.24) is 5.32 Å². The van der Waals surface area contributed by atoms with E-state index in [9.17, 15) is 13.2 Å². The molecule has 6 nitrogen and oxygen atoms in total. The van der Waals surface area contributed by atoms with Crippen molar-refractivity contribution >= 4 is 33.4 Å². The Morgan fingerprint density at radius 3 is 2.32 bits per heavy atom. The molecule has 0 bridgehead atoms. The number of amides is 1. The Hall–Kier alpha value is -2.19. The Labute approximate surface area is 171 Å². The van der Waals surface area contributed by atoms with Crippen LogP contribution >= 0.6 is 11.8 Å². The summed E-state index contributed by atoms with van der Waals surface area (Å²) in [5.74, 6) is 1.91. The molecular formula is C20H26N2O4S2. The van der Waals surface area contributed by atoms with E-state index in [1.165, 1.54) is 18.2 Å². The highest BCUT2D eigenvalue weighted by Gasteiger charge is 2.20. The molecule has 2 aromatic carbocycles. The highest BCUT2D eigenvalue weighted by Crippen LogP contribution is 2.21. The van der Waals surface area contributed by atoms with Crippen LogP contribution < -0.4 is 14.4 Å². The lowest BCUT2D eigenvalue weighted by Gasteiger charge is -2.22. The van der Waals surface area contributed by atoms with Gasteiger partial charge in [0.05, 0.1) is 19.1 Å². The first kappa shape index (κ1) is 22.1. The first-order valence-corrected chi connectivity index (χ1v) is 11.8. The summed E-state index contributed by atoms with van der Waals surface area (Å²) in [6.45, 7) is 2.28. The zero-order valence-electron chi connectivity index (χ0n) is 16.3. The Bertz CT molecular complexity index is 866. The second-order valence-corrected chi connectivity index (χ2v) is 9.37. The van der Waals surface area contributed by atoms with Crippen molar-refractivity contribution in [3.8, 4) is 5.75 Å². The van der Waals surface area contributed by atoms with Crippen molar-refractivity contribution in [3.63, 3.8) is 0 Å². The maximum Gasteiger partial charge on any atom is 0.240 e. The number of nitrogens with one attached hydrogen (secondary N) is 1. The van der Waals surface area contributed by atoms with Crippen molar-refractivity contribution in [2.75, 3.05) is 36.5 Å². The van der Waals surface area contributed by atoms with Gasteiger partial charge in [0, 0.05) is 18.1 Å². The molecule has 1 amide bonds. The van der Waals surface area contributed by atoms with E-state index in [-0.39, 0.29) is 12.5 Å². The fourth-order valence-electron chi connectivity index (χ4n) is 2.47. The van der Waals surface area contributed by atoms with Crippen molar-refractivity contribution in [2.24, 2.45) is 0 Å². The average Bonchev–Trinajstić information content (AvgIpc) is 2.66. The van der Waals surface area contributed by atoms with Gasteiger partial charge in [0.2, 0.25) is 15.9 Å². The third-order valence-electron chi connectivity index (χ3n) is 4.01. The molecule has 0 heterocycles. The lowest BCUT2D eigenvalue weighted by atomic mass is 10.2. The maximum atomic E-state index is 12.2. The molecule has 0 saturated heterocycles. The summed E-state index contributed by atoms with van der Waals surface area (Å²) in [6, 6.07) is 14.9. The standard InChI is InChI=1S/C20H26N2O4S2/c1-16-4-6-17(7-5-16)15-27-13-12-21-20(23)14-22(28(3,24)25)18-8-10-19(26-2)11-9-18/h4-11H,12-15H2,1-3H3,(H,21,23). The lowest BCUT2D eigenvalue weighted by Crippen LogP contribution is -2.41. The Kier molecular flexibility index (Phi) is 8.19. The third kappa shape index (κ3) is 7.09. The smallest absolute Gasteiger partial charge is 0.240 e. The minimum absolute atomic E-state index is 0.256. The molecule has 1 N–H and O–H groups in total. The van der Waals surface area contributed by atoms with Crippen LogP contribution in [0.3, 0.4) is 0 Å². The van der Waals surface area contributed by atoms with Gasteiger partial charge in [-0.2, -0.15) is 11.8 Å². The number of ether oxygens (including phenoxy) is 1. The Morgan fingerprint density at radius 2 is 1.75 bits per heavy atom. The van der Waals surface area contributed by atoms with Gasteiger partial charge in [-0.05, 0) is 36.8 Å². The number of carbonyl (C=O) groups excluding carboxylic acids is 1. The second kappa shape index (κ2) is 10.4. The van der Waals surface area contributed by atoms with Gasteiger partial charge in [0.1, 0.15) is 12.3 Å². The third-order valence-corrected chi connectivity index (χ3v) is 6.18. The summed E-state index contributed by atoms with van der Waals surface area (Å²) in [7, 11) is -2.05. The average molecular weight is 423 g/mol. The van der Waals surface area contributed by atoms with Crippen LogP contribution in [0.15, 0.2) is 48.5 Å². The van der Waals surface area contributed by atoms with E-state index in [0.717, 1.165) is 22.1 Å². The number of sulfonamides is 1. The fourth-order valence-corrected chi connectivity index (χ4v) is 4.15. The normalized spacial score (nSPS) is 11.1. The summed E-state index contributed by atoms with van der Waals surface area (Å²) >= 11 is 1.72. The minimum Gasteiger partial charge on any atom is -0.497 e. The molecule has 0 unspecified atom stereocenters. The van der Waals surface area contributed by atoms with Crippen LogP contribution in [0.25, 0.3) is 0 Å². The number of hydrogen-bond donors (Lipinski definition) is 1. The molecule has 0 aliphatic carbocycles. The molecule has 0 atom stereocenters. The van der Waals surface area contributed by atoms with Crippen LogP contribution in [0, 0.1) is 6.92 Å². The number of carbonyl (C=O) groups is 1. The minimum atomic E-state index is -3.58. The number of anilines is 1. The number of hydrogen-bond acceptors (Lipinski definition) is 5. The van der Waals surface area contributed by atoms with Crippen LogP contribution in [0.2, 0.25) is 0 Å². The summed E-state index contributed by atoms with van der Waals surface area (Å²) < 4.78 is 30.3. The topological polar surface area (TPSA) is 75.7 Å². The molecule has 8 heteroatoms. The first-order chi connectivity index (χ1) is 13.3. The molecule has 0 fully saturated rings. The quantitative estimate of drug-likeness (QED) is 0.596. The molecular weight excluding hydrogens is 396 g/mol. The van der Waals surface area contributed by atoms with Crippen molar-refractivity contribution < 1.29 is 17.9 Å². The molecule has 2 rings (SSSR count). The predicted octanol–water partition coefficient (Wildman–Crippen LogP) is 2.82. The van der Waals surface area contributed by atoms with Gasteiger partial charge >= 0.3 is 0 Å². The van der Waals surface area contributed by atoms with E-state index >= 15 is 0 Å². The second-order valence-electron chi connectivity index (χ2n) is 6.36. The molecule has 0 aliphatic heterocycles. The van der Waals surface area contributed by atoms with E-state index in [2.05, 4.69) is 36.5 Å². The maximum absolute atomic E-state index is 12.2. The van der Waals surface area contributed by atoms with Gasteiger partial charge in [-0.15, -0.1) is 0 Å². The Morgan fingerprint density at radius 1 is 1.11 bits per heavy atom. The zero-order chi connectivity index (χ0) is 20.6. The first-order valence-electron chi connectivity index (χ1n) is 8.81. The van der Waals surface area contributed by atoms with Crippen molar-refractivity contribution in [3.05, 3.63) is 59.7 Å². The summed E-state index contributed by atoms with van der Waals surface area (Å²) in [6.07, 6.45) is 1.09. The van der Waals surface area contributed by atoms with Crippen LogP contribution in [0.5, 0.6) is 5.75 Å². The zero-order valence-corrected chi connectivity index (χ0v) is 18.0. The number of thioether (sulfide) groups is 1. The molecule has 0 saturated carbocycles. The van der Waals surface area contributed by atoms with E-state index in [4.69, 9.17) is 4.74 Å². The van der Waals surface area contributed by atoms with Gasteiger partial charge in [-0.1, -0.05) is 29.8 Å². The SMILES string of the molecule is COc1ccc(N(CC(=O)NCCSCc2ccc(C)cc2)S(C)(=O)=O)cc1. The molecule has 0 radical (unpaired) electrons. The molecule has 28 heavy (non-hydrogen) atoms. The highest BCUT2D eigenvalue weighted by molar-refractivity contribution is 7.98. The van der Waals surface area contributed by atoms with Crippen LogP contribution in [-0.4, -0.2) is 46.5 Å². The molecule has 152 valence electrons. The molecule has 0 aliphatic rings. The van der Waals surface area contributed by atoms with Gasteiger partial charge in [-0.3, -0.25) is 9.10 Å². The van der Waals surface area contributed by atoms with Gasteiger partial charge in [-0.25, -0.2) is 8.42 Å². The van der Waals surface area contributed by atoms with Crippen LogP contribution in [0.4, 0.5) is 5.69 Å². The predicted molar refractivity (Wildman–Crippen MR) is 116 cm³/mol. The summed E-state index contributed by atoms with van der Waals surface area (Å²) in [5, 5.41) is 2.78. The van der Waals surface area contributed by atoms with E-state index in [1.54, 1.807) is 36.0 Å². The van der Waals surface area contributed by atoms with Gasteiger partial charge < -0.3 is 10.1 Å². The van der Waals surface area contributed by atoms with E-state index in [0.29, 0.717) is 18.0 Å². The van der Waals surface area contributed by atoms with Crippen molar-refractivity contribution in [2.45, 2.75) is 12.7 Å². The van der Waals surface area contributed by atoms with Gasteiger partial charge in [0.15, 0.2) is 0 Å². The summed E-state index contributed by atoms with van der Waals surface area (Å²) in [5.41, 5.74) is 2.89.